The van der Waals surface area contributed by atoms with E-state index in [-0.39, 0.29) is 5.72 Å². The number of ether oxygens (including phenoxy) is 1. The van der Waals surface area contributed by atoms with Crippen LogP contribution in [-0.2, 0) is 4.74 Å². The predicted octanol–water partition coefficient (Wildman–Crippen LogP) is 3.20. The van der Waals surface area contributed by atoms with Gasteiger partial charge >= 0.3 is 0 Å². The highest BCUT2D eigenvalue weighted by molar-refractivity contribution is 4.92. The molecule has 2 atom stereocenters. The van der Waals surface area contributed by atoms with Crippen molar-refractivity contribution in [3.63, 3.8) is 0 Å². The fraction of sp³-hybridized carbons (Fsp3) is 1.00. The molecule has 2 N–H and O–H groups in total. The van der Waals surface area contributed by atoms with Crippen LogP contribution in [0.2, 0.25) is 0 Å². The molecule has 0 spiro atoms. The van der Waals surface area contributed by atoms with Gasteiger partial charge in [0.05, 0.1) is 0 Å². The van der Waals surface area contributed by atoms with Gasteiger partial charge in [0.1, 0.15) is 11.8 Å². The van der Waals surface area contributed by atoms with Gasteiger partial charge in [0.15, 0.2) is 0 Å². The van der Waals surface area contributed by atoms with Gasteiger partial charge in [-0.3, -0.25) is 0 Å². The first kappa shape index (κ1) is 12.0. The van der Waals surface area contributed by atoms with E-state index in [9.17, 15) is 0 Å². The molecule has 1 aliphatic rings. The lowest BCUT2D eigenvalue weighted by molar-refractivity contribution is 0.309. The van der Waals surface area contributed by atoms with Crippen molar-refractivity contribution in [1.29, 1.82) is 0 Å². The third kappa shape index (κ3) is 4.43. The Hall–Kier alpha value is -0.0800. The highest BCUT2D eigenvalue weighted by Crippen LogP contribution is 2.34. The molecule has 1 rings (SSSR count). The second-order valence-electron chi connectivity index (χ2n) is 4.70. The summed E-state index contributed by atoms with van der Waals surface area (Å²) in [5.41, 5.74) is 5.48. The van der Waals surface area contributed by atoms with Crippen molar-refractivity contribution in [2.24, 2.45) is 5.73 Å². The van der Waals surface area contributed by atoms with Gasteiger partial charge in [-0.1, -0.05) is 51.9 Å². The Morgan fingerprint density at radius 1 is 1.07 bits per heavy atom. The van der Waals surface area contributed by atoms with E-state index in [1.165, 1.54) is 44.9 Å². The smallest absolute Gasteiger partial charge is 0.140 e. The molecule has 0 aromatic rings. The SMILES string of the molecule is CCCCCCCCC[C@@H]1O[C@@]1(C)N. The van der Waals surface area contributed by atoms with E-state index in [0.717, 1.165) is 6.42 Å². The molecule has 0 aromatic carbocycles. The minimum atomic E-state index is -0.289. The Kier molecular flexibility index (Phi) is 4.90. The molecule has 0 unspecified atom stereocenters. The fourth-order valence-corrected chi connectivity index (χ4v) is 1.90. The van der Waals surface area contributed by atoms with Gasteiger partial charge in [0.2, 0.25) is 0 Å². The molecule has 0 aliphatic carbocycles. The molecular weight excluding hydrogens is 174 g/mol. The summed E-state index contributed by atoms with van der Waals surface area (Å²) in [5, 5.41) is 0. The molecule has 0 bridgehead atoms. The molecule has 84 valence electrons. The van der Waals surface area contributed by atoms with Crippen molar-refractivity contribution in [2.45, 2.75) is 77.0 Å². The van der Waals surface area contributed by atoms with Gasteiger partial charge in [0.25, 0.3) is 0 Å². The summed E-state index contributed by atoms with van der Waals surface area (Å²) in [4.78, 5) is 0. The molecule has 1 aliphatic heterocycles. The number of rotatable bonds is 8. The van der Waals surface area contributed by atoms with Gasteiger partial charge in [0, 0.05) is 0 Å². The summed E-state index contributed by atoms with van der Waals surface area (Å²) < 4.78 is 5.33. The van der Waals surface area contributed by atoms with Crippen LogP contribution in [-0.4, -0.2) is 11.8 Å². The largest absolute Gasteiger partial charge is 0.351 e. The quantitative estimate of drug-likeness (QED) is 0.481. The molecule has 1 saturated heterocycles. The summed E-state index contributed by atoms with van der Waals surface area (Å²) in [7, 11) is 0. The van der Waals surface area contributed by atoms with Crippen LogP contribution < -0.4 is 5.73 Å². The van der Waals surface area contributed by atoms with Crippen molar-refractivity contribution in [1.82, 2.24) is 0 Å². The van der Waals surface area contributed by atoms with Crippen LogP contribution in [0.25, 0.3) is 0 Å². The number of unbranched alkanes of at least 4 members (excludes halogenated alkanes) is 6. The maximum Gasteiger partial charge on any atom is 0.140 e. The molecule has 1 fully saturated rings. The summed E-state index contributed by atoms with van der Waals surface area (Å²) in [5.74, 6) is 0. The Labute approximate surface area is 88.2 Å². The third-order valence-electron chi connectivity index (χ3n) is 3.05. The van der Waals surface area contributed by atoms with Crippen molar-refractivity contribution in [3.8, 4) is 0 Å². The van der Waals surface area contributed by atoms with Crippen molar-refractivity contribution in [2.75, 3.05) is 0 Å². The highest BCUT2D eigenvalue weighted by atomic mass is 16.6. The second kappa shape index (κ2) is 5.72. The molecule has 1 heterocycles. The number of hydrogen-bond acceptors (Lipinski definition) is 2. The van der Waals surface area contributed by atoms with Crippen LogP contribution in [0, 0.1) is 0 Å². The van der Waals surface area contributed by atoms with Crippen LogP contribution >= 0.6 is 0 Å². The van der Waals surface area contributed by atoms with E-state index in [1.54, 1.807) is 0 Å². The molecule has 2 heteroatoms. The lowest BCUT2D eigenvalue weighted by Gasteiger charge is -2.00. The van der Waals surface area contributed by atoms with E-state index < -0.39 is 0 Å². The number of epoxide rings is 1. The monoisotopic (exact) mass is 199 g/mol. The Morgan fingerprint density at radius 3 is 2.07 bits per heavy atom. The first-order chi connectivity index (χ1) is 6.67. The average molecular weight is 199 g/mol. The fourth-order valence-electron chi connectivity index (χ4n) is 1.90. The summed E-state index contributed by atoms with van der Waals surface area (Å²) in [6, 6.07) is 0. The standard InChI is InChI=1S/C12H25NO/c1-3-4-5-6-7-8-9-10-11-12(2,13)14-11/h11H,3-10,13H2,1-2H3/t11-,12+/m0/s1. The topological polar surface area (TPSA) is 38.5 Å². The maximum absolute atomic E-state index is 5.77. The number of hydrogen-bond donors (Lipinski definition) is 1. The molecule has 2 nitrogen and oxygen atoms in total. The average Bonchev–Trinajstić information content (AvgIpc) is 2.73. The Balaban J connectivity index is 1.77. The normalized spacial score (nSPS) is 30.6. The lowest BCUT2D eigenvalue weighted by atomic mass is 10.1. The second-order valence-corrected chi connectivity index (χ2v) is 4.70. The van der Waals surface area contributed by atoms with Gasteiger partial charge < -0.3 is 10.5 Å². The minimum Gasteiger partial charge on any atom is -0.351 e. The molecular formula is C12H25NO. The zero-order valence-corrected chi connectivity index (χ0v) is 9.72. The van der Waals surface area contributed by atoms with Crippen molar-refractivity contribution >= 4 is 0 Å². The maximum atomic E-state index is 5.77. The lowest BCUT2D eigenvalue weighted by Crippen LogP contribution is -2.22. The molecule has 14 heavy (non-hydrogen) atoms. The van der Waals surface area contributed by atoms with Crippen LogP contribution in [0.4, 0.5) is 0 Å². The molecule has 0 aromatic heterocycles. The van der Waals surface area contributed by atoms with Gasteiger partial charge in [-0.25, -0.2) is 0 Å². The molecule has 0 saturated carbocycles. The summed E-state index contributed by atoms with van der Waals surface area (Å²) in [6.45, 7) is 4.23. The van der Waals surface area contributed by atoms with Crippen LogP contribution in [0.1, 0.15) is 65.2 Å². The third-order valence-corrected chi connectivity index (χ3v) is 3.05. The zero-order valence-electron chi connectivity index (χ0n) is 9.72. The van der Waals surface area contributed by atoms with E-state index >= 15 is 0 Å². The van der Waals surface area contributed by atoms with E-state index in [2.05, 4.69) is 6.92 Å². The Morgan fingerprint density at radius 2 is 1.57 bits per heavy atom. The predicted molar refractivity (Wildman–Crippen MR) is 60.1 cm³/mol. The minimum absolute atomic E-state index is 0.289. The van der Waals surface area contributed by atoms with Crippen molar-refractivity contribution in [3.05, 3.63) is 0 Å². The van der Waals surface area contributed by atoms with Crippen LogP contribution in [0.15, 0.2) is 0 Å². The molecule has 0 amide bonds. The first-order valence-corrected chi connectivity index (χ1v) is 6.13. The summed E-state index contributed by atoms with van der Waals surface area (Å²) in [6.07, 6.45) is 11.1. The highest BCUT2D eigenvalue weighted by Gasteiger charge is 2.47. The first-order valence-electron chi connectivity index (χ1n) is 6.13. The van der Waals surface area contributed by atoms with E-state index in [4.69, 9.17) is 10.5 Å². The van der Waals surface area contributed by atoms with E-state index in [0.29, 0.717) is 6.10 Å². The molecule has 0 radical (unpaired) electrons. The number of nitrogens with two attached hydrogens (primary N) is 1. The van der Waals surface area contributed by atoms with Crippen LogP contribution in [0.5, 0.6) is 0 Å². The van der Waals surface area contributed by atoms with E-state index in [1.807, 2.05) is 6.92 Å². The zero-order chi connectivity index (χ0) is 10.4. The van der Waals surface area contributed by atoms with Gasteiger partial charge in [-0.15, -0.1) is 0 Å². The summed E-state index contributed by atoms with van der Waals surface area (Å²) >= 11 is 0. The van der Waals surface area contributed by atoms with Gasteiger partial charge in [-0.05, 0) is 13.3 Å². The van der Waals surface area contributed by atoms with Crippen LogP contribution in [0.3, 0.4) is 0 Å². The van der Waals surface area contributed by atoms with Gasteiger partial charge in [-0.2, -0.15) is 0 Å². The Bertz CT molecular complexity index is 156. The van der Waals surface area contributed by atoms with Crippen molar-refractivity contribution < 1.29 is 4.74 Å².